The van der Waals surface area contributed by atoms with Crippen LogP contribution < -0.4 is 0 Å². The van der Waals surface area contributed by atoms with E-state index in [2.05, 4.69) is 23.2 Å². The summed E-state index contributed by atoms with van der Waals surface area (Å²) in [6.07, 6.45) is 2.03. The molecule has 1 N–H and O–H groups in total. The molecule has 0 aliphatic heterocycles. The van der Waals surface area contributed by atoms with Gasteiger partial charge in [-0.3, -0.25) is 9.89 Å². The van der Waals surface area contributed by atoms with Gasteiger partial charge < -0.3 is 4.90 Å². The number of aromatic amines is 1. The predicted molar refractivity (Wildman–Crippen MR) is 121 cm³/mol. The highest BCUT2D eigenvalue weighted by Gasteiger charge is 2.18. The first-order valence-corrected chi connectivity index (χ1v) is 11.0. The predicted octanol–water partition coefficient (Wildman–Crippen LogP) is 6.39. The van der Waals surface area contributed by atoms with Crippen LogP contribution in [0.1, 0.15) is 35.0 Å². The average molecular weight is 424 g/mol. The molecule has 2 aromatic heterocycles. The summed E-state index contributed by atoms with van der Waals surface area (Å²) in [4.78, 5) is 16.5. The molecule has 0 saturated heterocycles. The largest absolute Gasteiger partial charge is 0.334 e. The molecular formula is C23H22ClN3OS. The normalized spacial score (nSPS) is 11.1. The number of nitrogens with one attached hydrogen (secondary N) is 1. The number of hydrogen-bond donors (Lipinski definition) is 1. The lowest BCUT2D eigenvalue weighted by Gasteiger charge is -2.22. The van der Waals surface area contributed by atoms with Gasteiger partial charge in [0.1, 0.15) is 0 Å². The molecule has 6 heteroatoms. The van der Waals surface area contributed by atoms with Crippen LogP contribution in [0, 0.1) is 0 Å². The van der Waals surface area contributed by atoms with Gasteiger partial charge in [-0.05, 0) is 48.2 Å². The van der Waals surface area contributed by atoms with Gasteiger partial charge in [-0.1, -0.05) is 43.1 Å². The van der Waals surface area contributed by atoms with Crippen LogP contribution in [-0.2, 0) is 6.54 Å². The quantitative estimate of drug-likeness (QED) is 0.374. The van der Waals surface area contributed by atoms with E-state index in [4.69, 9.17) is 11.6 Å². The monoisotopic (exact) mass is 423 g/mol. The first-order valence-electron chi connectivity index (χ1n) is 9.71. The highest BCUT2D eigenvalue weighted by atomic mass is 35.5. The molecule has 4 aromatic rings. The Bertz CT molecular complexity index is 1120. The number of amides is 1. The van der Waals surface area contributed by atoms with Crippen molar-refractivity contribution < 1.29 is 4.79 Å². The van der Waals surface area contributed by atoms with E-state index in [0.29, 0.717) is 17.1 Å². The molecule has 0 unspecified atom stereocenters. The molecule has 0 fully saturated rings. The minimum Gasteiger partial charge on any atom is -0.334 e. The zero-order valence-electron chi connectivity index (χ0n) is 16.2. The minimum atomic E-state index is 0.0481. The maximum atomic E-state index is 13.3. The molecule has 0 aliphatic carbocycles. The van der Waals surface area contributed by atoms with E-state index in [1.165, 1.54) is 4.88 Å². The lowest BCUT2D eigenvalue weighted by Crippen LogP contribution is -2.31. The zero-order valence-corrected chi connectivity index (χ0v) is 17.8. The standard InChI is InChI=1S/C23H22ClN3OS/c1-2-3-11-27(15-19-8-5-12-29-19)23(28)17-9-10-21-20(14-17)22(26-25-21)16-6-4-7-18(24)13-16/h4-10,12-14H,2-3,11,15H2,1H3,(H,25,26). The van der Waals surface area contributed by atoms with Gasteiger partial charge in [-0.2, -0.15) is 5.10 Å². The van der Waals surface area contributed by atoms with Crippen LogP contribution in [0.2, 0.25) is 5.02 Å². The number of fused-ring (bicyclic) bond motifs is 1. The number of hydrogen-bond acceptors (Lipinski definition) is 3. The van der Waals surface area contributed by atoms with E-state index in [0.717, 1.165) is 41.5 Å². The van der Waals surface area contributed by atoms with E-state index >= 15 is 0 Å². The van der Waals surface area contributed by atoms with E-state index in [1.807, 2.05) is 58.8 Å². The first-order chi connectivity index (χ1) is 14.2. The highest BCUT2D eigenvalue weighted by molar-refractivity contribution is 7.09. The molecule has 0 spiro atoms. The van der Waals surface area contributed by atoms with E-state index < -0.39 is 0 Å². The summed E-state index contributed by atoms with van der Waals surface area (Å²) in [6.45, 7) is 3.53. The van der Waals surface area contributed by atoms with Crippen LogP contribution in [0.4, 0.5) is 0 Å². The Morgan fingerprint density at radius 1 is 1.17 bits per heavy atom. The Kier molecular flexibility index (Phi) is 5.97. The Labute approximate surface area is 179 Å². The summed E-state index contributed by atoms with van der Waals surface area (Å²) in [6, 6.07) is 17.4. The number of H-pyrrole nitrogens is 1. The number of carbonyl (C=O) groups is 1. The maximum absolute atomic E-state index is 13.3. The molecule has 0 saturated carbocycles. The summed E-state index contributed by atoms with van der Waals surface area (Å²) in [5.41, 5.74) is 3.30. The molecule has 29 heavy (non-hydrogen) atoms. The van der Waals surface area contributed by atoms with Gasteiger partial charge in [-0.25, -0.2) is 0 Å². The number of benzene rings is 2. The fourth-order valence-electron chi connectivity index (χ4n) is 3.38. The number of unbranched alkanes of at least 4 members (excludes halogenated alkanes) is 1. The Morgan fingerprint density at radius 2 is 2.07 bits per heavy atom. The molecular weight excluding hydrogens is 402 g/mol. The van der Waals surface area contributed by atoms with Crippen LogP contribution in [0.15, 0.2) is 60.0 Å². The maximum Gasteiger partial charge on any atom is 0.254 e. The van der Waals surface area contributed by atoms with Gasteiger partial charge in [0.15, 0.2) is 0 Å². The Hall–Kier alpha value is -2.63. The van der Waals surface area contributed by atoms with Gasteiger partial charge in [0.05, 0.1) is 17.8 Å². The molecule has 4 nitrogen and oxygen atoms in total. The second-order valence-electron chi connectivity index (χ2n) is 7.00. The lowest BCUT2D eigenvalue weighted by molar-refractivity contribution is 0.0742. The SMILES string of the molecule is CCCCN(Cc1cccs1)C(=O)c1ccc2[nH]nc(-c3cccc(Cl)c3)c2c1. The van der Waals surface area contributed by atoms with Crippen molar-refractivity contribution in [1.82, 2.24) is 15.1 Å². The van der Waals surface area contributed by atoms with Gasteiger partial charge in [0.25, 0.3) is 5.91 Å². The average Bonchev–Trinajstić information content (AvgIpc) is 3.39. The Morgan fingerprint density at radius 3 is 2.83 bits per heavy atom. The molecule has 0 bridgehead atoms. The van der Waals surface area contributed by atoms with Crippen LogP contribution in [0.3, 0.4) is 0 Å². The van der Waals surface area contributed by atoms with E-state index in [1.54, 1.807) is 11.3 Å². The van der Waals surface area contributed by atoms with Crippen molar-refractivity contribution in [1.29, 1.82) is 0 Å². The molecule has 0 aliphatic rings. The van der Waals surface area contributed by atoms with Gasteiger partial charge in [0.2, 0.25) is 0 Å². The molecule has 4 rings (SSSR count). The van der Waals surface area contributed by atoms with Crippen LogP contribution >= 0.6 is 22.9 Å². The third-order valence-corrected chi connectivity index (χ3v) is 6.00. The van der Waals surface area contributed by atoms with Crippen molar-refractivity contribution in [3.05, 3.63) is 75.4 Å². The van der Waals surface area contributed by atoms with Gasteiger partial charge in [0, 0.05) is 33.0 Å². The first kappa shape index (κ1) is 19.7. The smallest absolute Gasteiger partial charge is 0.254 e. The molecule has 2 aromatic carbocycles. The molecule has 148 valence electrons. The number of nitrogens with zero attached hydrogens (tertiary/aromatic N) is 2. The molecule has 1 amide bonds. The zero-order chi connectivity index (χ0) is 20.2. The number of carbonyl (C=O) groups excluding carboxylic acids is 1. The second kappa shape index (κ2) is 8.80. The van der Waals surface area contributed by atoms with Crippen LogP contribution in [0.25, 0.3) is 22.2 Å². The third-order valence-electron chi connectivity index (χ3n) is 4.90. The van der Waals surface area contributed by atoms with E-state index in [9.17, 15) is 4.79 Å². The number of halogens is 1. The van der Waals surface area contributed by atoms with Crippen LogP contribution in [-0.4, -0.2) is 27.5 Å². The fraction of sp³-hybridized carbons (Fsp3) is 0.217. The van der Waals surface area contributed by atoms with Crippen molar-refractivity contribution >= 4 is 39.7 Å². The minimum absolute atomic E-state index is 0.0481. The number of aromatic nitrogens is 2. The summed E-state index contributed by atoms with van der Waals surface area (Å²) in [5, 5.41) is 11.1. The van der Waals surface area contributed by atoms with Gasteiger partial charge in [-0.15, -0.1) is 11.3 Å². The summed E-state index contributed by atoms with van der Waals surface area (Å²) < 4.78 is 0. The van der Waals surface area contributed by atoms with Crippen LogP contribution in [0.5, 0.6) is 0 Å². The summed E-state index contributed by atoms with van der Waals surface area (Å²) in [5.74, 6) is 0.0481. The number of rotatable bonds is 7. The molecule has 0 radical (unpaired) electrons. The summed E-state index contributed by atoms with van der Waals surface area (Å²) >= 11 is 7.84. The Balaban J connectivity index is 1.68. The summed E-state index contributed by atoms with van der Waals surface area (Å²) in [7, 11) is 0. The molecule has 0 atom stereocenters. The molecule has 2 heterocycles. The van der Waals surface area contributed by atoms with E-state index in [-0.39, 0.29) is 5.91 Å². The van der Waals surface area contributed by atoms with Crippen molar-refractivity contribution in [3.8, 4) is 11.3 Å². The van der Waals surface area contributed by atoms with Gasteiger partial charge >= 0.3 is 0 Å². The lowest BCUT2D eigenvalue weighted by atomic mass is 10.0. The number of thiophene rings is 1. The van der Waals surface area contributed by atoms with Crippen molar-refractivity contribution in [2.75, 3.05) is 6.54 Å². The topological polar surface area (TPSA) is 49.0 Å². The second-order valence-corrected chi connectivity index (χ2v) is 8.47. The fourth-order valence-corrected chi connectivity index (χ4v) is 4.29. The highest BCUT2D eigenvalue weighted by Crippen LogP contribution is 2.29. The van der Waals surface area contributed by atoms with Crippen molar-refractivity contribution in [2.24, 2.45) is 0 Å². The van der Waals surface area contributed by atoms with Crippen molar-refractivity contribution in [2.45, 2.75) is 26.3 Å². The third kappa shape index (κ3) is 4.36. The van der Waals surface area contributed by atoms with Crippen molar-refractivity contribution in [3.63, 3.8) is 0 Å².